The molecule has 1 atom stereocenters. The van der Waals surface area contributed by atoms with Gasteiger partial charge in [-0.15, -0.1) is 0 Å². The van der Waals surface area contributed by atoms with Crippen LogP contribution in [0.5, 0.6) is 0 Å². The average molecular weight is 518 g/mol. The summed E-state index contributed by atoms with van der Waals surface area (Å²) in [7, 11) is 3.93. The van der Waals surface area contributed by atoms with Gasteiger partial charge in [-0.3, -0.25) is 9.59 Å². The van der Waals surface area contributed by atoms with E-state index in [4.69, 9.17) is 5.73 Å². The summed E-state index contributed by atoms with van der Waals surface area (Å²) in [5, 5.41) is 19.8. The molecule has 1 aliphatic carbocycles. The number of primary amides is 1. The van der Waals surface area contributed by atoms with Crippen LogP contribution in [-0.4, -0.2) is 51.6 Å². The number of carbonyl (C=O) groups is 3. The Hall–Kier alpha value is -4.17. The third-order valence-electron chi connectivity index (χ3n) is 6.56. The molecule has 0 spiro atoms. The first-order chi connectivity index (χ1) is 17.8. The summed E-state index contributed by atoms with van der Waals surface area (Å²) in [6.45, 7) is 6.50. The fraction of sp³-hybridized carbons (Fsp3) is 0.300. The molecule has 8 heteroatoms. The minimum Gasteiger partial charge on any atom is -0.481 e. The van der Waals surface area contributed by atoms with Crippen molar-refractivity contribution in [3.8, 4) is 0 Å². The van der Waals surface area contributed by atoms with E-state index >= 15 is 0 Å². The first kappa shape index (κ1) is 28.4. The fourth-order valence-corrected chi connectivity index (χ4v) is 4.55. The lowest BCUT2D eigenvalue weighted by Crippen LogP contribution is -2.29. The van der Waals surface area contributed by atoms with E-state index in [1.54, 1.807) is 18.2 Å². The van der Waals surface area contributed by atoms with Crippen molar-refractivity contribution in [1.29, 1.82) is 0 Å². The van der Waals surface area contributed by atoms with Crippen LogP contribution in [0.3, 0.4) is 0 Å². The lowest BCUT2D eigenvalue weighted by Gasteiger charge is -2.26. The van der Waals surface area contributed by atoms with Crippen molar-refractivity contribution in [2.24, 2.45) is 11.1 Å². The van der Waals surface area contributed by atoms with Crippen LogP contribution in [0.2, 0.25) is 0 Å². The Bertz CT molecular complexity index is 1430. The number of aliphatic carboxylic acids is 2. The zero-order chi connectivity index (χ0) is 28.2. The van der Waals surface area contributed by atoms with Gasteiger partial charge >= 0.3 is 11.9 Å². The number of rotatable bonds is 7. The molecule has 1 aromatic heterocycles. The molecule has 1 amide bonds. The second kappa shape index (κ2) is 11.5. The summed E-state index contributed by atoms with van der Waals surface area (Å²) in [5.41, 5.74) is 8.37. The molecule has 38 heavy (non-hydrogen) atoms. The predicted octanol–water partition coefficient (Wildman–Crippen LogP) is 4.96. The topological polar surface area (TPSA) is 126 Å². The maximum atomic E-state index is 11.6. The molecule has 1 aliphatic rings. The van der Waals surface area contributed by atoms with Crippen LogP contribution in [0.25, 0.3) is 16.5 Å². The summed E-state index contributed by atoms with van der Waals surface area (Å²) in [4.78, 5) is 36.2. The highest BCUT2D eigenvalue weighted by Crippen LogP contribution is 2.38. The van der Waals surface area contributed by atoms with E-state index in [9.17, 15) is 24.6 Å². The number of allylic oxidation sites excluding steroid dienone is 2. The first-order valence-electron chi connectivity index (χ1n) is 12.4. The predicted molar refractivity (Wildman–Crippen MR) is 149 cm³/mol. The van der Waals surface area contributed by atoms with Gasteiger partial charge in [-0.1, -0.05) is 36.4 Å². The highest BCUT2D eigenvalue weighted by molar-refractivity contribution is 6.05. The van der Waals surface area contributed by atoms with E-state index in [1.807, 2.05) is 67.7 Å². The van der Waals surface area contributed by atoms with Crippen LogP contribution >= 0.6 is 0 Å². The Kier molecular flexibility index (Phi) is 8.58. The van der Waals surface area contributed by atoms with E-state index in [1.165, 1.54) is 6.92 Å². The van der Waals surface area contributed by atoms with Gasteiger partial charge in [0.15, 0.2) is 0 Å². The molecule has 8 nitrogen and oxygen atoms in total. The van der Waals surface area contributed by atoms with Gasteiger partial charge < -0.3 is 25.4 Å². The molecule has 0 saturated heterocycles. The molecular weight excluding hydrogens is 482 g/mol. The van der Waals surface area contributed by atoms with Crippen molar-refractivity contribution < 1.29 is 24.6 Å². The molecular formula is C30H35N3O5. The SMILES string of the molecule is CC(C)n1ccc2c(C(N)=O)cccc21.CN(C)Cc1cccc(C2=C(C(=O)O)CC(C)(C(=O)O)C=C2)c1. The number of aromatic nitrogens is 1. The van der Waals surface area contributed by atoms with Crippen LogP contribution in [0.15, 0.2) is 72.5 Å². The largest absolute Gasteiger partial charge is 0.481 e. The van der Waals surface area contributed by atoms with Gasteiger partial charge in [0.1, 0.15) is 0 Å². The number of hydrogen-bond acceptors (Lipinski definition) is 4. The van der Waals surface area contributed by atoms with Gasteiger partial charge in [-0.05, 0) is 82.3 Å². The number of benzene rings is 2. The molecule has 200 valence electrons. The van der Waals surface area contributed by atoms with Crippen molar-refractivity contribution in [2.45, 2.75) is 39.8 Å². The molecule has 4 N–H and O–H groups in total. The molecule has 2 aromatic carbocycles. The van der Waals surface area contributed by atoms with Crippen LogP contribution in [0.1, 0.15) is 54.7 Å². The van der Waals surface area contributed by atoms with Crippen molar-refractivity contribution in [3.63, 3.8) is 0 Å². The first-order valence-corrected chi connectivity index (χ1v) is 12.4. The van der Waals surface area contributed by atoms with Crippen molar-refractivity contribution in [1.82, 2.24) is 9.47 Å². The van der Waals surface area contributed by atoms with E-state index in [2.05, 4.69) is 18.4 Å². The molecule has 0 radical (unpaired) electrons. The summed E-state index contributed by atoms with van der Waals surface area (Å²) < 4.78 is 2.13. The molecule has 4 rings (SSSR count). The lowest BCUT2D eigenvalue weighted by molar-refractivity contribution is -0.145. The Morgan fingerprint density at radius 3 is 2.34 bits per heavy atom. The molecule has 0 aliphatic heterocycles. The summed E-state index contributed by atoms with van der Waals surface area (Å²) >= 11 is 0. The number of fused-ring (bicyclic) bond motifs is 1. The van der Waals surface area contributed by atoms with Crippen molar-refractivity contribution in [2.75, 3.05) is 14.1 Å². The van der Waals surface area contributed by atoms with E-state index < -0.39 is 17.4 Å². The number of nitrogens with two attached hydrogens (primary N) is 1. The monoisotopic (exact) mass is 517 g/mol. The maximum absolute atomic E-state index is 11.6. The zero-order valence-electron chi connectivity index (χ0n) is 22.4. The molecule has 0 bridgehead atoms. The highest BCUT2D eigenvalue weighted by Gasteiger charge is 2.37. The smallest absolute Gasteiger partial charge is 0.332 e. The number of hydrogen-bond donors (Lipinski definition) is 3. The number of carboxylic acid groups (broad SMARTS) is 2. The Morgan fingerprint density at radius 2 is 1.76 bits per heavy atom. The summed E-state index contributed by atoms with van der Waals surface area (Å²) in [6.07, 6.45) is 5.16. The summed E-state index contributed by atoms with van der Waals surface area (Å²) in [5.74, 6) is -2.47. The van der Waals surface area contributed by atoms with Gasteiger partial charge in [0.05, 0.1) is 5.41 Å². The van der Waals surface area contributed by atoms with Gasteiger partial charge in [0.2, 0.25) is 5.91 Å². The van der Waals surface area contributed by atoms with Crippen LogP contribution in [0, 0.1) is 5.41 Å². The minimum atomic E-state index is -1.18. The summed E-state index contributed by atoms with van der Waals surface area (Å²) in [6, 6.07) is 15.6. The van der Waals surface area contributed by atoms with Crippen LogP contribution in [0.4, 0.5) is 0 Å². The molecule has 3 aromatic rings. The number of carboxylic acids is 2. The standard InChI is InChI=1S/C18H21NO4.C12H14N2O/c1-18(17(22)23)8-7-14(15(10-18)16(20)21)13-6-4-5-12(9-13)11-19(2)3;1-8(2)14-7-6-9-10(12(13)15)4-3-5-11(9)14/h4-9H,10-11H2,1-3H3,(H,20,21)(H,22,23);3-8H,1-2H3,(H2,13,15). The maximum Gasteiger partial charge on any atom is 0.332 e. The molecule has 0 fully saturated rings. The Labute approximate surface area is 222 Å². The van der Waals surface area contributed by atoms with Gasteiger partial charge in [-0.25, -0.2) is 4.79 Å². The molecule has 1 heterocycles. The third-order valence-corrected chi connectivity index (χ3v) is 6.56. The van der Waals surface area contributed by atoms with E-state index in [0.29, 0.717) is 17.2 Å². The van der Waals surface area contributed by atoms with Gasteiger partial charge in [0, 0.05) is 40.8 Å². The third kappa shape index (κ3) is 6.20. The minimum absolute atomic E-state index is 0.0264. The van der Waals surface area contributed by atoms with Crippen molar-refractivity contribution in [3.05, 3.63) is 89.1 Å². The highest BCUT2D eigenvalue weighted by atomic mass is 16.4. The Morgan fingerprint density at radius 1 is 1.08 bits per heavy atom. The quantitative estimate of drug-likeness (QED) is 0.407. The zero-order valence-corrected chi connectivity index (χ0v) is 22.4. The van der Waals surface area contributed by atoms with Gasteiger partial charge in [-0.2, -0.15) is 0 Å². The van der Waals surface area contributed by atoms with E-state index in [0.717, 1.165) is 28.6 Å². The van der Waals surface area contributed by atoms with Crippen LogP contribution < -0.4 is 5.73 Å². The fourth-order valence-electron chi connectivity index (χ4n) is 4.55. The molecule has 1 unspecified atom stereocenters. The van der Waals surface area contributed by atoms with Crippen molar-refractivity contribution >= 4 is 34.3 Å². The van der Waals surface area contributed by atoms with Gasteiger partial charge in [0.25, 0.3) is 0 Å². The second-order valence-electron chi connectivity index (χ2n) is 10.3. The normalized spacial score (nSPS) is 17.0. The van der Waals surface area contributed by atoms with E-state index in [-0.39, 0.29) is 17.9 Å². The lowest BCUT2D eigenvalue weighted by atomic mass is 9.76. The second-order valence-corrected chi connectivity index (χ2v) is 10.3. The Balaban J connectivity index is 0.000000230. The number of carbonyl (C=O) groups excluding carboxylic acids is 1. The number of amides is 1. The number of nitrogens with zero attached hydrogens (tertiary/aromatic N) is 2. The average Bonchev–Trinajstić information content (AvgIpc) is 3.28. The van der Waals surface area contributed by atoms with Crippen LogP contribution in [-0.2, 0) is 16.1 Å². The molecule has 0 saturated carbocycles.